The number of rotatable bonds is 9. The summed E-state index contributed by atoms with van der Waals surface area (Å²) < 4.78 is 13.3. The van der Waals surface area contributed by atoms with Gasteiger partial charge in [0.1, 0.15) is 0 Å². The van der Waals surface area contributed by atoms with Crippen molar-refractivity contribution in [3.8, 4) is 28.3 Å². The van der Waals surface area contributed by atoms with Gasteiger partial charge in [-0.25, -0.2) is 9.97 Å². The highest BCUT2D eigenvalue weighted by Crippen LogP contribution is 2.42. The van der Waals surface area contributed by atoms with Crippen LogP contribution in [0.15, 0.2) is 48.5 Å². The monoisotopic (exact) mass is 660 g/mol. The van der Waals surface area contributed by atoms with Gasteiger partial charge in [0.2, 0.25) is 5.88 Å². The van der Waals surface area contributed by atoms with Gasteiger partial charge in [-0.05, 0) is 44.9 Å². The Morgan fingerprint density at radius 3 is 2.48 bits per heavy atom. The summed E-state index contributed by atoms with van der Waals surface area (Å²) in [6, 6.07) is 16.1. The van der Waals surface area contributed by atoms with Gasteiger partial charge in [0, 0.05) is 79.3 Å². The molecule has 0 unspecified atom stereocenters. The Morgan fingerprint density at radius 2 is 1.72 bits per heavy atom. The molecular formula is C35H38Cl2N6O3. The molecule has 2 aromatic heterocycles. The maximum Gasteiger partial charge on any atom is 0.291 e. The lowest BCUT2D eigenvalue weighted by Gasteiger charge is -2.23. The largest absolute Gasteiger partial charge is 0.481 e. The van der Waals surface area contributed by atoms with Crippen LogP contribution in [-0.2, 0) is 24.2 Å². The Bertz CT molecular complexity index is 1770. The van der Waals surface area contributed by atoms with Crippen LogP contribution in [0.4, 0.5) is 5.69 Å². The Balaban J connectivity index is 1.14. The fourth-order valence-corrected chi connectivity index (χ4v) is 7.06. The first kappa shape index (κ1) is 31.1. The Kier molecular flexibility index (Phi) is 9.03. The summed E-state index contributed by atoms with van der Waals surface area (Å²) in [6.45, 7) is 3.93. The number of nitrogens with zero attached hydrogens (tertiary/aromatic N) is 4. The molecule has 4 heterocycles. The van der Waals surface area contributed by atoms with Crippen molar-refractivity contribution in [2.75, 3.05) is 39.2 Å². The maximum atomic E-state index is 13.7. The first-order valence-corrected chi connectivity index (χ1v) is 16.7. The fraction of sp³-hybridized carbons (Fsp3) is 0.400. The van der Waals surface area contributed by atoms with Crippen LogP contribution in [0.1, 0.15) is 59.3 Å². The zero-order chi connectivity index (χ0) is 31.8. The second kappa shape index (κ2) is 13.3. The number of methoxy groups -OCH3 is 1. The summed E-state index contributed by atoms with van der Waals surface area (Å²) in [6.07, 6.45) is 5.02. The topological polar surface area (TPSA) is 93.5 Å². The fourth-order valence-electron chi connectivity index (χ4n) is 6.46. The molecule has 2 aromatic carbocycles. The molecule has 9 nitrogen and oxygen atoms in total. The van der Waals surface area contributed by atoms with Crippen LogP contribution in [0.3, 0.4) is 0 Å². The first-order valence-electron chi connectivity index (χ1n) is 15.9. The lowest BCUT2D eigenvalue weighted by molar-refractivity contribution is 0.0775. The number of hydrogen-bond acceptors (Lipinski definition) is 7. The Labute approximate surface area is 279 Å². The van der Waals surface area contributed by atoms with Crippen LogP contribution >= 0.6 is 23.2 Å². The van der Waals surface area contributed by atoms with Gasteiger partial charge in [-0.15, -0.1) is 0 Å². The molecule has 1 amide bonds. The number of imidazole rings is 1. The number of amides is 1. The van der Waals surface area contributed by atoms with Crippen molar-refractivity contribution < 1.29 is 14.3 Å². The van der Waals surface area contributed by atoms with Gasteiger partial charge >= 0.3 is 0 Å². The summed E-state index contributed by atoms with van der Waals surface area (Å²) in [5, 5.41) is 7.56. The number of pyridine rings is 1. The molecule has 0 radical (unpaired) electrons. The summed E-state index contributed by atoms with van der Waals surface area (Å²) in [7, 11) is 3.71. The molecular weight excluding hydrogens is 623 g/mol. The van der Waals surface area contributed by atoms with E-state index in [4.69, 9.17) is 42.6 Å². The summed E-state index contributed by atoms with van der Waals surface area (Å²) >= 11 is 14.1. The van der Waals surface area contributed by atoms with Crippen LogP contribution < -0.4 is 15.4 Å². The Morgan fingerprint density at radius 1 is 0.978 bits per heavy atom. The minimum atomic E-state index is -0.259. The molecule has 2 N–H and O–H groups in total. The third kappa shape index (κ3) is 6.27. The number of ether oxygens (including phenoxy) is 2. The minimum Gasteiger partial charge on any atom is -0.481 e. The smallest absolute Gasteiger partial charge is 0.291 e. The van der Waals surface area contributed by atoms with Gasteiger partial charge < -0.3 is 29.6 Å². The number of nitrogens with one attached hydrogen (secondary N) is 2. The van der Waals surface area contributed by atoms with E-state index in [1.807, 2.05) is 42.5 Å². The van der Waals surface area contributed by atoms with Crippen molar-refractivity contribution >= 4 is 34.8 Å². The molecule has 3 aliphatic rings. The van der Waals surface area contributed by atoms with Crippen molar-refractivity contribution in [3.63, 3.8) is 0 Å². The third-order valence-corrected chi connectivity index (χ3v) is 9.92. The van der Waals surface area contributed by atoms with E-state index in [-0.39, 0.29) is 5.91 Å². The van der Waals surface area contributed by atoms with Crippen molar-refractivity contribution in [2.24, 2.45) is 0 Å². The van der Waals surface area contributed by atoms with Crippen LogP contribution in [0.5, 0.6) is 5.88 Å². The molecule has 0 atom stereocenters. The minimum absolute atomic E-state index is 0.259. The molecule has 2 fully saturated rings. The predicted octanol–water partition coefficient (Wildman–Crippen LogP) is 6.77. The second-order valence-corrected chi connectivity index (χ2v) is 13.1. The zero-order valence-corrected chi connectivity index (χ0v) is 27.6. The standard InChI is InChI=1S/C35H38Cl2N6O3/c1-42-16-13-30-29(20-42)39-33(43(30)23-10-11-23)34(44)40-28-8-4-6-25(32(28)37)24-5-3-7-26(31(24)36)27-12-9-21(35(41-27)45-2)19-38-22-14-17-46-18-15-22/h3-9,12,22-23,38H,10-11,13-20H2,1-2H3,(H,40,44). The molecule has 2 aliphatic heterocycles. The molecule has 4 aromatic rings. The van der Waals surface area contributed by atoms with Gasteiger partial charge in [-0.2, -0.15) is 0 Å². The Hall–Kier alpha value is -3.47. The predicted molar refractivity (Wildman–Crippen MR) is 181 cm³/mol. The molecule has 0 spiro atoms. The average Bonchev–Trinajstić information content (AvgIpc) is 3.85. The molecule has 1 saturated carbocycles. The molecule has 7 rings (SSSR count). The highest BCUT2D eigenvalue weighted by atomic mass is 35.5. The van der Waals surface area contributed by atoms with E-state index >= 15 is 0 Å². The lowest BCUT2D eigenvalue weighted by atomic mass is 10.00. The van der Waals surface area contributed by atoms with Crippen LogP contribution in [0, 0.1) is 0 Å². The third-order valence-electron chi connectivity index (χ3n) is 9.10. The lowest BCUT2D eigenvalue weighted by Crippen LogP contribution is -2.34. The van der Waals surface area contributed by atoms with E-state index in [9.17, 15) is 4.79 Å². The SMILES string of the molecule is COc1nc(-c2cccc(-c3cccc(NC(=O)c4nc5c(n4C4CC4)CCN(C)C5)c3Cl)c2Cl)ccc1CNC1CCOCC1. The number of fused-ring (bicyclic) bond motifs is 1. The summed E-state index contributed by atoms with van der Waals surface area (Å²) in [4.78, 5) is 25.5. The number of aromatic nitrogens is 3. The molecule has 1 saturated heterocycles. The quantitative estimate of drug-likeness (QED) is 0.205. The average molecular weight is 662 g/mol. The van der Waals surface area contributed by atoms with Crippen LogP contribution in [0.2, 0.25) is 10.0 Å². The molecule has 11 heteroatoms. The molecule has 46 heavy (non-hydrogen) atoms. The number of benzene rings is 2. The molecule has 0 bridgehead atoms. The normalized spacial score (nSPS) is 17.1. The maximum absolute atomic E-state index is 13.7. The first-order chi connectivity index (χ1) is 22.4. The second-order valence-electron chi connectivity index (χ2n) is 12.3. The van der Waals surface area contributed by atoms with E-state index in [1.165, 1.54) is 5.69 Å². The number of carbonyl (C=O) groups excluding carboxylic acids is 1. The van der Waals surface area contributed by atoms with E-state index in [2.05, 4.69) is 27.1 Å². The van der Waals surface area contributed by atoms with Gasteiger partial charge in [0.25, 0.3) is 5.91 Å². The van der Waals surface area contributed by atoms with E-state index < -0.39 is 0 Å². The zero-order valence-electron chi connectivity index (χ0n) is 26.1. The number of hydrogen-bond donors (Lipinski definition) is 2. The molecule has 1 aliphatic carbocycles. The van der Waals surface area contributed by atoms with Crippen molar-refractivity contribution in [1.29, 1.82) is 0 Å². The number of anilines is 1. The van der Waals surface area contributed by atoms with Crippen molar-refractivity contribution in [2.45, 2.75) is 57.3 Å². The van der Waals surface area contributed by atoms with Gasteiger partial charge in [0.05, 0.1) is 34.2 Å². The van der Waals surface area contributed by atoms with Crippen LogP contribution in [-0.4, -0.2) is 65.3 Å². The highest BCUT2D eigenvalue weighted by molar-refractivity contribution is 6.39. The van der Waals surface area contributed by atoms with E-state index in [0.717, 1.165) is 80.8 Å². The number of halogens is 2. The van der Waals surface area contributed by atoms with Crippen molar-refractivity contribution in [3.05, 3.63) is 81.4 Å². The molecule has 240 valence electrons. The van der Waals surface area contributed by atoms with E-state index in [1.54, 1.807) is 13.2 Å². The van der Waals surface area contributed by atoms with Gasteiger partial charge in [-0.3, -0.25) is 4.79 Å². The number of carbonyl (C=O) groups is 1. The summed E-state index contributed by atoms with van der Waals surface area (Å²) in [5.41, 5.74) is 6.56. The number of likely N-dealkylation sites (N-methyl/N-ethyl adjacent to an activating group) is 1. The summed E-state index contributed by atoms with van der Waals surface area (Å²) in [5.74, 6) is 0.750. The highest BCUT2D eigenvalue weighted by Gasteiger charge is 2.34. The van der Waals surface area contributed by atoms with Crippen molar-refractivity contribution in [1.82, 2.24) is 24.8 Å². The van der Waals surface area contributed by atoms with Gasteiger partial charge in [0.15, 0.2) is 5.82 Å². The van der Waals surface area contributed by atoms with Crippen LogP contribution in [0.25, 0.3) is 22.4 Å². The van der Waals surface area contributed by atoms with Gasteiger partial charge in [-0.1, -0.05) is 59.6 Å². The van der Waals surface area contributed by atoms with E-state index in [0.29, 0.717) is 57.3 Å².